The molecule has 5 aromatic rings. The van der Waals surface area contributed by atoms with Crippen molar-refractivity contribution in [2.24, 2.45) is 0 Å². The maximum Gasteiger partial charge on any atom is 0.329 e. The molecule has 0 saturated heterocycles. The van der Waals surface area contributed by atoms with E-state index in [2.05, 4.69) is 25.9 Å². The van der Waals surface area contributed by atoms with Crippen LogP contribution in [0.1, 0.15) is 21.7 Å². The highest BCUT2D eigenvalue weighted by Crippen LogP contribution is 2.28. The number of nitrogens with zero attached hydrogens (tertiary/aromatic N) is 4. The summed E-state index contributed by atoms with van der Waals surface area (Å²) in [5.41, 5.74) is 0.666. The molecule has 11 heteroatoms. The van der Waals surface area contributed by atoms with E-state index >= 15 is 0 Å². The molecule has 9 nitrogen and oxygen atoms in total. The Morgan fingerprint density at radius 1 is 1.11 bits per heavy atom. The minimum atomic E-state index is -0.650. The van der Waals surface area contributed by atoms with E-state index < -0.39 is 23.0 Å². The van der Waals surface area contributed by atoms with Crippen LogP contribution in [-0.2, 0) is 19.6 Å². The molecule has 0 aliphatic carbocycles. The maximum atomic E-state index is 14.8. The van der Waals surface area contributed by atoms with Crippen LogP contribution in [0.25, 0.3) is 22.4 Å². The molecule has 0 unspecified atom stereocenters. The molecule has 0 spiro atoms. The number of carbonyl (C=O) groups is 1. The molecule has 0 saturated carbocycles. The Kier molecular flexibility index (Phi) is 5.64. The third-order valence-corrected chi connectivity index (χ3v) is 6.91. The van der Waals surface area contributed by atoms with E-state index in [1.54, 1.807) is 41.4 Å². The van der Waals surface area contributed by atoms with Crippen LogP contribution < -0.4 is 11.2 Å². The number of carbonyl (C=O) groups excluding carboxylic acids is 1. The van der Waals surface area contributed by atoms with Crippen molar-refractivity contribution in [2.45, 2.75) is 19.6 Å². The highest BCUT2D eigenvalue weighted by Gasteiger charge is 2.27. The number of hydrogen-bond acceptors (Lipinski definition) is 5. The molecule has 186 valence electrons. The highest BCUT2D eigenvalue weighted by molar-refractivity contribution is 9.10. The van der Waals surface area contributed by atoms with Crippen LogP contribution in [0, 0.1) is 5.82 Å². The number of amides is 1. The standard InChI is InChI=1S/C26H19BrFN5O4/c27-22-8-7-21(37-22)20-12-29-23-14-31(9-10-32(20)23)25(35)17-11-15(5-6-18(17)28)13-33-19-4-2-1-3-16(19)24(34)30-26(33)36/h1-8,11-12H,9-10,13-14H2,(H,30,34,36). The molecule has 0 fully saturated rings. The number of aromatic nitrogens is 4. The molecule has 0 bridgehead atoms. The lowest BCUT2D eigenvalue weighted by Crippen LogP contribution is -2.39. The van der Waals surface area contributed by atoms with Gasteiger partial charge < -0.3 is 13.9 Å². The number of rotatable bonds is 4. The first-order valence-electron chi connectivity index (χ1n) is 11.5. The lowest BCUT2D eigenvalue weighted by molar-refractivity contribution is 0.0703. The van der Waals surface area contributed by atoms with Gasteiger partial charge in [-0.2, -0.15) is 0 Å². The van der Waals surface area contributed by atoms with Gasteiger partial charge in [-0.15, -0.1) is 0 Å². The second kappa shape index (κ2) is 9.00. The van der Waals surface area contributed by atoms with Gasteiger partial charge >= 0.3 is 5.69 Å². The Hall–Kier alpha value is -4.25. The summed E-state index contributed by atoms with van der Waals surface area (Å²) in [5, 5.41) is 0.366. The SMILES string of the molecule is O=C(c1cc(Cn2c(=O)[nH]c(=O)c3ccccc32)ccc1F)N1CCn2c(-c3ccc(Br)o3)cnc2C1. The second-order valence-corrected chi connectivity index (χ2v) is 9.50. The van der Waals surface area contributed by atoms with Crippen LogP contribution in [0.4, 0.5) is 4.39 Å². The molecule has 4 heterocycles. The lowest BCUT2D eigenvalue weighted by Gasteiger charge is -2.28. The van der Waals surface area contributed by atoms with Crippen molar-refractivity contribution in [1.82, 2.24) is 24.0 Å². The van der Waals surface area contributed by atoms with Gasteiger partial charge in [-0.1, -0.05) is 18.2 Å². The molecular weight excluding hydrogens is 545 g/mol. The van der Waals surface area contributed by atoms with Gasteiger partial charge in [0.2, 0.25) is 0 Å². The Balaban J connectivity index is 1.28. The number of halogens is 2. The zero-order valence-electron chi connectivity index (χ0n) is 19.3. The van der Waals surface area contributed by atoms with Crippen molar-refractivity contribution in [2.75, 3.05) is 6.54 Å². The summed E-state index contributed by atoms with van der Waals surface area (Å²) < 4.78 is 24.4. The Bertz CT molecular complexity index is 1800. The number of fused-ring (bicyclic) bond motifs is 2. The summed E-state index contributed by atoms with van der Waals surface area (Å²) in [7, 11) is 0. The number of aromatic amines is 1. The number of imidazole rings is 1. The average Bonchev–Trinajstić information content (AvgIpc) is 3.52. The van der Waals surface area contributed by atoms with Gasteiger partial charge in [0.05, 0.1) is 35.8 Å². The molecule has 0 radical (unpaired) electrons. The molecular formula is C26H19BrFN5O4. The fourth-order valence-corrected chi connectivity index (χ4v) is 4.98. The summed E-state index contributed by atoms with van der Waals surface area (Å²) in [5.74, 6) is 0.219. The molecule has 3 aromatic heterocycles. The van der Waals surface area contributed by atoms with Crippen LogP contribution >= 0.6 is 15.9 Å². The van der Waals surface area contributed by atoms with Gasteiger partial charge in [0.1, 0.15) is 17.3 Å². The van der Waals surface area contributed by atoms with E-state index in [0.29, 0.717) is 45.8 Å². The molecule has 37 heavy (non-hydrogen) atoms. The van der Waals surface area contributed by atoms with E-state index in [-0.39, 0.29) is 18.7 Å². The number of furan rings is 1. The summed E-state index contributed by atoms with van der Waals surface area (Å²) in [6.45, 7) is 1.12. The molecule has 1 N–H and O–H groups in total. The van der Waals surface area contributed by atoms with Crippen molar-refractivity contribution in [1.29, 1.82) is 0 Å². The van der Waals surface area contributed by atoms with Crippen molar-refractivity contribution in [3.05, 3.63) is 109 Å². The number of nitrogens with one attached hydrogen (secondary N) is 1. The monoisotopic (exact) mass is 563 g/mol. The number of H-pyrrole nitrogens is 1. The van der Waals surface area contributed by atoms with Crippen molar-refractivity contribution in [3.8, 4) is 11.5 Å². The fraction of sp³-hybridized carbons (Fsp3) is 0.154. The van der Waals surface area contributed by atoms with E-state index in [1.165, 1.54) is 22.8 Å². The van der Waals surface area contributed by atoms with Crippen molar-refractivity contribution in [3.63, 3.8) is 0 Å². The Morgan fingerprint density at radius 2 is 1.95 bits per heavy atom. The third-order valence-electron chi connectivity index (χ3n) is 6.48. The highest BCUT2D eigenvalue weighted by atomic mass is 79.9. The van der Waals surface area contributed by atoms with Crippen LogP contribution in [0.3, 0.4) is 0 Å². The summed E-state index contributed by atoms with van der Waals surface area (Å²) in [6, 6.07) is 14.6. The van der Waals surface area contributed by atoms with E-state index in [1.807, 2.05) is 10.6 Å². The van der Waals surface area contributed by atoms with Crippen LogP contribution in [-0.4, -0.2) is 36.5 Å². The van der Waals surface area contributed by atoms with E-state index in [9.17, 15) is 18.8 Å². The molecule has 6 rings (SSSR count). The first kappa shape index (κ1) is 23.2. The second-order valence-electron chi connectivity index (χ2n) is 8.72. The Labute approximate surface area is 216 Å². The van der Waals surface area contributed by atoms with Crippen molar-refractivity contribution >= 4 is 32.7 Å². The van der Waals surface area contributed by atoms with Gasteiger partial charge in [-0.05, 0) is 57.9 Å². The molecule has 2 aromatic carbocycles. The minimum absolute atomic E-state index is 0.0587. The summed E-state index contributed by atoms with van der Waals surface area (Å²) in [6.07, 6.45) is 1.70. The summed E-state index contributed by atoms with van der Waals surface area (Å²) in [4.78, 5) is 46.4. The zero-order valence-corrected chi connectivity index (χ0v) is 20.9. The van der Waals surface area contributed by atoms with Gasteiger partial charge in [-0.3, -0.25) is 19.1 Å². The third kappa shape index (κ3) is 4.10. The topological polar surface area (TPSA) is 106 Å². The largest absolute Gasteiger partial charge is 0.448 e. The summed E-state index contributed by atoms with van der Waals surface area (Å²) >= 11 is 3.30. The minimum Gasteiger partial charge on any atom is -0.448 e. The molecule has 1 amide bonds. The van der Waals surface area contributed by atoms with Crippen LogP contribution in [0.5, 0.6) is 0 Å². The first-order valence-corrected chi connectivity index (χ1v) is 12.3. The van der Waals surface area contributed by atoms with Crippen molar-refractivity contribution < 1.29 is 13.6 Å². The molecule has 0 atom stereocenters. The predicted molar refractivity (Wildman–Crippen MR) is 137 cm³/mol. The fourth-order valence-electron chi connectivity index (χ4n) is 4.67. The molecule has 1 aliphatic heterocycles. The first-order chi connectivity index (χ1) is 17.9. The van der Waals surface area contributed by atoms with Gasteiger partial charge in [0, 0.05) is 13.1 Å². The Morgan fingerprint density at radius 3 is 2.76 bits per heavy atom. The van der Waals surface area contributed by atoms with Gasteiger partial charge in [0.25, 0.3) is 11.5 Å². The zero-order chi connectivity index (χ0) is 25.7. The molecule has 1 aliphatic rings. The predicted octanol–water partition coefficient (Wildman–Crippen LogP) is 3.75. The maximum absolute atomic E-state index is 14.8. The quantitative estimate of drug-likeness (QED) is 0.358. The number of benzene rings is 2. The van der Waals surface area contributed by atoms with Crippen LogP contribution in [0.15, 0.2) is 79.5 Å². The van der Waals surface area contributed by atoms with Gasteiger partial charge in [0.15, 0.2) is 10.4 Å². The van der Waals surface area contributed by atoms with E-state index in [4.69, 9.17) is 4.42 Å². The number of para-hydroxylation sites is 1. The van der Waals surface area contributed by atoms with Crippen LogP contribution in [0.2, 0.25) is 0 Å². The lowest BCUT2D eigenvalue weighted by atomic mass is 10.1. The normalized spacial score (nSPS) is 13.2. The number of hydrogen-bond donors (Lipinski definition) is 1. The smallest absolute Gasteiger partial charge is 0.329 e. The van der Waals surface area contributed by atoms with Gasteiger partial charge in [-0.25, -0.2) is 14.2 Å². The van der Waals surface area contributed by atoms with E-state index in [0.717, 1.165) is 5.69 Å². The average molecular weight is 564 g/mol.